The zero-order valence-corrected chi connectivity index (χ0v) is 12.6. The third kappa shape index (κ3) is 2.45. The highest BCUT2D eigenvalue weighted by Crippen LogP contribution is 2.41. The maximum absolute atomic E-state index is 9.94. The van der Waals surface area contributed by atoms with Crippen molar-refractivity contribution in [2.45, 2.75) is 31.7 Å². The number of hydrogen-bond acceptors (Lipinski definition) is 3. The molecule has 1 heterocycles. The van der Waals surface area contributed by atoms with Gasteiger partial charge in [-0.1, -0.05) is 25.1 Å². The number of aliphatic hydroxyl groups excluding tert-OH is 1. The van der Waals surface area contributed by atoms with Crippen molar-refractivity contribution in [2.75, 3.05) is 31.6 Å². The fourth-order valence-electron chi connectivity index (χ4n) is 3.70. The molecule has 2 unspecified atom stereocenters. The lowest BCUT2D eigenvalue weighted by Gasteiger charge is -2.42. The maximum atomic E-state index is 9.94. The van der Waals surface area contributed by atoms with Crippen molar-refractivity contribution < 1.29 is 5.11 Å². The Kier molecular flexibility index (Phi) is 3.74. The van der Waals surface area contributed by atoms with E-state index in [1.54, 1.807) is 0 Å². The highest BCUT2D eigenvalue weighted by atomic mass is 16.3. The van der Waals surface area contributed by atoms with Gasteiger partial charge in [0.2, 0.25) is 0 Å². The first-order valence-corrected chi connectivity index (χ1v) is 7.81. The number of fused-ring (bicyclic) bond motifs is 1. The second kappa shape index (κ2) is 5.38. The van der Waals surface area contributed by atoms with Crippen LogP contribution in [-0.2, 0) is 6.42 Å². The minimum atomic E-state index is -0.135. The second-order valence-corrected chi connectivity index (χ2v) is 6.66. The third-order valence-electron chi connectivity index (χ3n) is 5.04. The average molecular weight is 274 g/mol. The summed E-state index contributed by atoms with van der Waals surface area (Å²) in [5.41, 5.74) is 2.67. The van der Waals surface area contributed by atoms with E-state index in [0.717, 1.165) is 13.1 Å². The van der Waals surface area contributed by atoms with Crippen molar-refractivity contribution in [1.29, 1.82) is 0 Å². The van der Waals surface area contributed by atoms with E-state index in [0.29, 0.717) is 11.8 Å². The molecule has 1 saturated carbocycles. The Hall–Kier alpha value is -1.06. The van der Waals surface area contributed by atoms with Crippen LogP contribution in [0.1, 0.15) is 25.3 Å². The Balaban J connectivity index is 1.86. The van der Waals surface area contributed by atoms with Crippen LogP contribution in [0.3, 0.4) is 0 Å². The summed E-state index contributed by atoms with van der Waals surface area (Å²) in [6, 6.07) is 8.73. The Labute approximate surface area is 122 Å². The number of para-hydroxylation sites is 1. The van der Waals surface area contributed by atoms with Gasteiger partial charge in [0.1, 0.15) is 0 Å². The van der Waals surface area contributed by atoms with Crippen LogP contribution in [0.2, 0.25) is 0 Å². The van der Waals surface area contributed by atoms with Crippen molar-refractivity contribution >= 4 is 5.69 Å². The largest absolute Gasteiger partial charge is 0.394 e. The predicted molar refractivity (Wildman–Crippen MR) is 83.1 cm³/mol. The summed E-state index contributed by atoms with van der Waals surface area (Å²) in [5.74, 6) is 1.30. The van der Waals surface area contributed by atoms with Gasteiger partial charge in [0.05, 0.1) is 12.1 Å². The van der Waals surface area contributed by atoms with Crippen LogP contribution in [0, 0.1) is 11.8 Å². The number of hydrogen-bond donors (Lipinski definition) is 2. The molecule has 0 saturated heterocycles. The predicted octanol–water partition coefficient (Wildman–Crippen LogP) is 2.05. The SMILES string of the molecule is CNC(CO)(CN1CC(C)Cc2ccccc21)C1CC1. The van der Waals surface area contributed by atoms with Crippen molar-refractivity contribution in [3.63, 3.8) is 0 Å². The molecule has 0 amide bonds. The van der Waals surface area contributed by atoms with Gasteiger partial charge in [-0.2, -0.15) is 0 Å². The van der Waals surface area contributed by atoms with E-state index < -0.39 is 0 Å². The van der Waals surface area contributed by atoms with Gasteiger partial charge in [0.15, 0.2) is 0 Å². The summed E-state index contributed by atoms with van der Waals surface area (Å²) in [6.07, 6.45) is 3.65. The highest BCUT2D eigenvalue weighted by molar-refractivity contribution is 5.56. The van der Waals surface area contributed by atoms with Gasteiger partial charge in [0, 0.05) is 18.8 Å². The van der Waals surface area contributed by atoms with Gasteiger partial charge in [-0.05, 0) is 49.8 Å². The molecule has 2 atom stereocenters. The molecule has 3 rings (SSSR count). The molecule has 3 nitrogen and oxygen atoms in total. The molecule has 1 aromatic rings. The number of likely N-dealkylation sites (N-methyl/N-ethyl adjacent to an activating group) is 1. The number of anilines is 1. The van der Waals surface area contributed by atoms with Crippen LogP contribution in [0.15, 0.2) is 24.3 Å². The molecule has 0 bridgehead atoms. The lowest BCUT2D eigenvalue weighted by Crippen LogP contribution is -2.58. The molecule has 1 fully saturated rings. The lowest BCUT2D eigenvalue weighted by molar-refractivity contribution is 0.150. The molecule has 20 heavy (non-hydrogen) atoms. The first-order valence-electron chi connectivity index (χ1n) is 7.81. The Morgan fingerprint density at radius 1 is 1.35 bits per heavy atom. The number of aliphatic hydroxyl groups is 1. The van der Waals surface area contributed by atoms with Gasteiger partial charge >= 0.3 is 0 Å². The summed E-state index contributed by atoms with van der Waals surface area (Å²) in [5, 5.41) is 13.4. The number of benzene rings is 1. The molecule has 1 aromatic carbocycles. The number of nitrogens with zero attached hydrogens (tertiary/aromatic N) is 1. The highest BCUT2D eigenvalue weighted by Gasteiger charge is 2.45. The normalized spacial score (nSPS) is 25.1. The first kappa shape index (κ1) is 13.9. The molecule has 2 aliphatic rings. The van der Waals surface area contributed by atoms with E-state index in [-0.39, 0.29) is 12.1 Å². The third-order valence-corrected chi connectivity index (χ3v) is 5.04. The van der Waals surface area contributed by atoms with E-state index >= 15 is 0 Å². The van der Waals surface area contributed by atoms with E-state index in [4.69, 9.17) is 0 Å². The summed E-state index contributed by atoms with van der Waals surface area (Å²) in [4.78, 5) is 2.48. The van der Waals surface area contributed by atoms with Crippen LogP contribution >= 0.6 is 0 Å². The van der Waals surface area contributed by atoms with E-state index in [9.17, 15) is 5.11 Å². The van der Waals surface area contributed by atoms with Gasteiger partial charge in [-0.25, -0.2) is 0 Å². The fraction of sp³-hybridized carbons (Fsp3) is 0.647. The van der Waals surface area contributed by atoms with Crippen LogP contribution < -0.4 is 10.2 Å². The Bertz CT molecular complexity index is 466. The zero-order chi connectivity index (χ0) is 14.2. The van der Waals surface area contributed by atoms with Crippen molar-refractivity contribution in [3.05, 3.63) is 29.8 Å². The molecule has 1 aliphatic carbocycles. The molecule has 0 spiro atoms. The zero-order valence-electron chi connectivity index (χ0n) is 12.6. The standard InChI is InChI=1S/C17H26N2O/c1-13-9-14-5-3-4-6-16(14)19(10-13)11-17(12-20,18-2)15-7-8-15/h3-6,13,15,18,20H,7-12H2,1-2H3. The van der Waals surface area contributed by atoms with Gasteiger partial charge in [-0.15, -0.1) is 0 Å². The van der Waals surface area contributed by atoms with Gasteiger partial charge in [0.25, 0.3) is 0 Å². The summed E-state index contributed by atoms with van der Waals surface area (Å²) >= 11 is 0. The molecule has 3 heteroatoms. The molecule has 110 valence electrons. The van der Waals surface area contributed by atoms with Crippen LogP contribution in [0.5, 0.6) is 0 Å². The number of rotatable bonds is 5. The second-order valence-electron chi connectivity index (χ2n) is 6.66. The van der Waals surface area contributed by atoms with E-state index in [2.05, 4.69) is 41.4 Å². The van der Waals surface area contributed by atoms with Crippen LogP contribution in [0.4, 0.5) is 5.69 Å². The van der Waals surface area contributed by atoms with Gasteiger partial charge < -0.3 is 15.3 Å². The topological polar surface area (TPSA) is 35.5 Å². The molecule has 2 N–H and O–H groups in total. The lowest BCUT2D eigenvalue weighted by atomic mass is 9.89. The monoisotopic (exact) mass is 274 g/mol. The maximum Gasteiger partial charge on any atom is 0.0633 e. The average Bonchev–Trinajstić information content (AvgIpc) is 3.29. The molecular formula is C17H26N2O. The summed E-state index contributed by atoms with van der Waals surface area (Å²) in [7, 11) is 1.99. The van der Waals surface area contributed by atoms with Gasteiger partial charge in [-0.3, -0.25) is 0 Å². The molecular weight excluding hydrogens is 248 g/mol. The van der Waals surface area contributed by atoms with Crippen LogP contribution in [-0.4, -0.2) is 37.4 Å². The van der Waals surface area contributed by atoms with Crippen molar-refractivity contribution in [3.8, 4) is 0 Å². The minimum Gasteiger partial charge on any atom is -0.394 e. The van der Waals surface area contributed by atoms with Crippen LogP contribution in [0.25, 0.3) is 0 Å². The van der Waals surface area contributed by atoms with E-state index in [1.165, 1.54) is 30.5 Å². The molecule has 1 aliphatic heterocycles. The quantitative estimate of drug-likeness (QED) is 0.862. The first-order chi connectivity index (χ1) is 9.68. The smallest absolute Gasteiger partial charge is 0.0633 e. The fourth-order valence-corrected chi connectivity index (χ4v) is 3.70. The minimum absolute atomic E-state index is 0.135. The van der Waals surface area contributed by atoms with Crippen molar-refractivity contribution in [2.24, 2.45) is 11.8 Å². The Morgan fingerprint density at radius 2 is 2.10 bits per heavy atom. The summed E-state index contributed by atoms with van der Waals surface area (Å²) < 4.78 is 0. The molecule has 0 radical (unpaired) electrons. The summed E-state index contributed by atoms with van der Waals surface area (Å²) in [6.45, 7) is 4.54. The number of nitrogens with one attached hydrogen (secondary N) is 1. The Morgan fingerprint density at radius 3 is 2.75 bits per heavy atom. The van der Waals surface area contributed by atoms with E-state index in [1.807, 2.05) is 7.05 Å². The van der Waals surface area contributed by atoms with Crippen molar-refractivity contribution in [1.82, 2.24) is 5.32 Å². The molecule has 0 aromatic heterocycles.